The van der Waals surface area contributed by atoms with Crippen LogP contribution in [0.1, 0.15) is 41.5 Å². The van der Waals surface area contributed by atoms with E-state index in [9.17, 15) is 9.59 Å². The molecule has 0 aromatic carbocycles. The van der Waals surface area contributed by atoms with Crippen molar-refractivity contribution in [3.8, 4) is 0 Å². The molecule has 20 heavy (non-hydrogen) atoms. The Bertz CT molecular complexity index is 493. The van der Waals surface area contributed by atoms with Gasteiger partial charge in [0.25, 0.3) is 0 Å². The second-order valence-electron chi connectivity index (χ2n) is 4.61. The molecule has 1 aromatic heterocycles. The fourth-order valence-electron chi connectivity index (χ4n) is 2.32. The molecule has 2 heterocycles. The van der Waals surface area contributed by atoms with Gasteiger partial charge in [0.15, 0.2) is 5.69 Å². The summed E-state index contributed by atoms with van der Waals surface area (Å²) in [5.74, 6) is -0.578. The zero-order valence-corrected chi connectivity index (χ0v) is 11.7. The molecule has 1 fully saturated rings. The lowest BCUT2D eigenvalue weighted by molar-refractivity contribution is -0.120. The highest BCUT2D eigenvalue weighted by molar-refractivity contribution is 5.88. The monoisotopic (exact) mass is 281 g/mol. The quantitative estimate of drug-likeness (QED) is 0.714. The van der Waals surface area contributed by atoms with Gasteiger partial charge < -0.3 is 15.4 Å². The van der Waals surface area contributed by atoms with Crippen molar-refractivity contribution in [2.24, 2.45) is 0 Å². The number of ether oxygens (including phenoxy) is 1. The van der Waals surface area contributed by atoms with Crippen LogP contribution in [0.2, 0.25) is 0 Å². The molecule has 2 rings (SSSR count). The number of rotatable bonds is 5. The van der Waals surface area contributed by atoms with Crippen LogP contribution in [0.15, 0.2) is 0 Å². The van der Waals surface area contributed by atoms with Crippen LogP contribution in [-0.2, 0) is 16.1 Å². The van der Waals surface area contributed by atoms with E-state index in [4.69, 9.17) is 4.74 Å². The Morgan fingerprint density at radius 1 is 1.55 bits per heavy atom. The van der Waals surface area contributed by atoms with E-state index in [1.807, 2.05) is 0 Å². The Labute approximate surface area is 116 Å². The van der Waals surface area contributed by atoms with E-state index in [1.165, 1.54) is 7.11 Å². The fourth-order valence-corrected chi connectivity index (χ4v) is 2.32. The first-order valence-electron chi connectivity index (χ1n) is 6.63. The summed E-state index contributed by atoms with van der Waals surface area (Å²) in [6.07, 6.45) is 2.24. The van der Waals surface area contributed by atoms with Gasteiger partial charge in [0.1, 0.15) is 0 Å². The van der Waals surface area contributed by atoms with E-state index in [2.05, 4.69) is 20.9 Å². The maximum atomic E-state index is 11.8. The largest absolute Gasteiger partial charge is 0.464 e. The number of amides is 1. The van der Waals surface area contributed by atoms with Crippen molar-refractivity contribution in [1.29, 1.82) is 0 Å². The van der Waals surface area contributed by atoms with Crippen LogP contribution in [0, 0.1) is 0 Å². The standard InChI is InChI=1S/C12H19N5O3/c1-13-9(18)5-7-17-11(8-4-3-6-14-8)10(15-16-17)12(19)20-2/h8,14H,3-7H2,1-2H3,(H,13,18). The summed E-state index contributed by atoms with van der Waals surface area (Å²) in [5, 5.41) is 13.8. The number of hydrogen-bond donors (Lipinski definition) is 2. The van der Waals surface area contributed by atoms with Crippen LogP contribution in [0.3, 0.4) is 0 Å². The highest BCUT2D eigenvalue weighted by Crippen LogP contribution is 2.25. The van der Waals surface area contributed by atoms with Gasteiger partial charge >= 0.3 is 5.97 Å². The highest BCUT2D eigenvalue weighted by atomic mass is 16.5. The molecular formula is C12H19N5O3. The number of aryl methyl sites for hydroxylation is 1. The maximum Gasteiger partial charge on any atom is 0.360 e. The van der Waals surface area contributed by atoms with Crippen LogP contribution in [0.25, 0.3) is 0 Å². The number of methoxy groups -OCH3 is 1. The number of nitrogens with zero attached hydrogens (tertiary/aromatic N) is 3. The molecule has 1 aliphatic heterocycles. The molecule has 0 spiro atoms. The van der Waals surface area contributed by atoms with Crippen LogP contribution < -0.4 is 10.6 Å². The number of nitrogens with one attached hydrogen (secondary N) is 2. The molecule has 0 saturated carbocycles. The Balaban J connectivity index is 2.24. The number of aromatic nitrogens is 3. The number of esters is 1. The molecule has 1 amide bonds. The fraction of sp³-hybridized carbons (Fsp3) is 0.667. The predicted molar refractivity (Wildman–Crippen MR) is 70.0 cm³/mol. The summed E-state index contributed by atoms with van der Waals surface area (Å²) in [7, 11) is 2.90. The summed E-state index contributed by atoms with van der Waals surface area (Å²) >= 11 is 0. The van der Waals surface area contributed by atoms with Crippen LogP contribution in [0.4, 0.5) is 0 Å². The topological polar surface area (TPSA) is 98.1 Å². The van der Waals surface area contributed by atoms with Crippen LogP contribution in [-0.4, -0.2) is 47.6 Å². The van der Waals surface area contributed by atoms with Crippen molar-refractivity contribution in [3.05, 3.63) is 11.4 Å². The maximum absolute atomic E-state index is 11.8. The second-order valence-corrected chi connectivity index (χ2v) is 4.61. The van der Waals surface area contributed by atoms with Crippen molar-refractivity contribution in [2.45, 2.75) is 31.8 Å². The lowest BCUT2D eigenvalue weighted by Crippen LogP contribution is -2.23. The van der Waals surface area contributed by atoms with Gasteiger partial charge in [-0.3, -0.25) is 4.79 Å². The van der Waals surface area contributed by atoms with Crippen LogP contribution >= 0.6 is 0 Å². The summed E-state index contributed by atoms with van der Waals surface area (Å²) < 4.78 is 6.35. The van der Waals surface area contributed by atoms with Crippen molar-refractivity contribution >= 4 is 11.9 Å². The molecule has 1 saturated heterocycles. The number of carbonyl (C=O) groups is 2. The van der Waals surface area contributed by atoms with Gasteiger partial charge in [0.2, 0.25) is 5.91 Å². The van der Waals surface area contributed by atoms with Gasteiger partial charge in [-0.25, -0.2) is 9.48 Å². The molecule has 110 valence electrons. The van der Waals surface area contributed by atoms with Gasteiger partial charge in [-0.15, -0.1) is 5.10 Å². The zero-order chi connectivity index (χ0) is 14.5. The first-order valence-corrected chi connectivity index (χ1v) is 6.63. The Kier molecular flexibility index (Phi) is 4.67. The number of carbonyl (C=O) groups excluding carboxylic acids is 2. The van der Waals surface area contributed by atoms with Gasteiger partial charge in [-0.1, -0.05) is 5.21 Å². The summed E-state index contributed by atoms with van der Waals surface area (Å²) in [6.45, 7) is 1.28. The molecule has 2 N–H and O–H groups in total. The Morgan fingerprint density at radius 2 is 2.35 bits per heavy atom. The van der Waals surface area contributed by atoms with E-state index >= 15 is 0 Å². The van der Waals surface area contributed by atoms with Crippen LogP contribution in [0.5, 0.6) is 0 Å². The van der Waals surface area contributed by atoms with Crippen molar-refractivity contribution < 1.29 is 14.3 Å². The molecule has 8 heteroatoms. The van der Waals surface area contributed by atoms with Crippen molar-refractivity contribution in [2.75, 3.05) is 20.7 Å². The normalized spacial score (nSPS) is 18.0. The molecule has 0 radical (unpaired) electrons. The van der Waals surface area contributed by atoms with Gasteiger partial charge in [-0.05, 0) is 19.4 Å². The third-order valence-corrected chi connectivity index (χ3v) is 3.37. The summed E-state index contributed by atoms with van der Waals surface area (Å²) in [5.41, 5.74) is 0.932. The lowest BCUT2D eigenvalue weighted by atomic mass is 10.1. The van der Waals surface area contributed by atoms with E-state index < -0.39 is 5.97 Å². The minimum atomic E-state index is -0.500. The molecule has 1 aliphatic rings. The molecule has 1 aromatic rings. The van der Waals surface area contributed by atoms with Gasteiger partial charge in [0.05, 0.1) is 25.4 Å². The lowest BCUT2D eigenvalue weighted by Gasteiger charge is -2.13. The highest BCUT2D eigenvalue weighted by Gasteiger charge is 2.29. The summed E-state index contributed by atoms with van der Waals surface area (Å²) in [6, 6.07) is 0.0313. The Hall–Kier alpha value is -1.96. The molecule has 0 bridgehead atoms. The van der Waals surface area contributed by atoms with E-state index in [-0.39, 0.29) is 17.6 Å². The average molecular weight is 281 g/mol. The molecular weight excluding hydrogens is 262 g/mol. The first-order chi connectivity index (χ1) is 9.67. The smallest absolute Gasteiger partial charge is 0.360 e. The van der Waals surface area contributed by atoms with E-state index in [0.29, 0.717) is 18.7 Å². The minimum absolute atomic E-state index is 0.0313. The third kappa shape index (κ3) is 2.96. The number of hydrogen-bond acceptors (Lipinski definition) is 6. The third-order valence-electron chi connectivity index (χ3n) is 3.37. The van der Waals surface area contributed by atoms with Gasteiger partial charge in [0, 0.05) is 13.5 Å². The van der Waals surface area contributed by atoms with Crippen molar-refractivity contribution in [3.63, 3.8) is 0 Å². The molecule has 8 nitrogen and oxygen atoms in total. The Morgan fingerprint density at radius 3 is 2.95 bits per heavy atom. The van der Waals surface area contributed by atoms with Crippen molar-refractivity contribution in [1.82, 2.24) is 25.6 Å². The van der Waals surface area contributed by atoms with Gasteiger partial charge in [-0.2, -0.15) is 0 Å². The molecule has 1 atom stereocenters. The van der Waals surface area contributed by atoms with E-state index in [0.717, 1.165) is 19.4 Å². The van der Waals surface area contributed by atoms with E-state index in [1.54, 1.807) is 11.7 Å². The minimum Gasteiger partial charge on any atom is -0.464 e. The second kappa shape index (κ2) is 6.47. The summed E-state index contributed by atoms with van der Waals surface area (Å²) in [4.78, 5) is 23.1. The first kappa shape index (κ1) is 14.4. The SMILES string of the molecule is CNC(=O)CCn1nnc(C(=O)OC)c1C1CCCN1. The molecule has 0 aliphatic carbocycles. The average Bonchev–Trinajstić information content (AvgIpc) is 3.12. The molecule has 1 unspecified atom stereocenters. The predicted octanol–water partition coefficient (Wildman–Crippen LogP) is -0.375. The zero-order valence-electron chi connectivity index (χ0n) is 11.7.